The van der Waals surface area contributed by atoms with Crippen molar-refractivity contribution in [3.63, 3.8) is 0 Å². The minimum atomic E-state index is -0.286. The molecule has 1 saturated carbocycles. The van der Waals surface area contributed by atoms with Crippen molar-refractivity contribution in [3.05, 3.63) is 77.1 Å². The van der Waals surface area contributed by atoms with E-state index in [2.05, 4.69) is 34.5 Å². The Kier molecular flexibility index (Phi) is 8.78. The van der Waals surface area contributed by atoms with E-state index in [1.165, 1.54) is 16.8 Å². The van der Waals surface area contributed by atoms with Gasteiger partial charge < -0.3 is 10.6 Å². The number of amides is 2. The van der Waals surface area contributed by atoms with Crippen LogP contribution in [-0.2, 0) is 17.6 Å². The lowest BCUT2D eigenvalue weighted by Crippen LogP contribution is -2.31. The van der Waals surface area contributed by atoms with Gasteiger partial charge in [0.2, 0.25) is 0 Å². The second kappa shape index (κ2) is 12.0. The molecular weight excluding hydrogens is 414 g/mol. The van der Waals surface area contributed by atoms with E-state index >= 15 is 0 Å². The van der Waals surface area contributed by atoms with Crippen LogP contribution in [0.1, 0.15) is 54.1 Å². The number of hydrazine groups is 1. The van der Waals surface area contributed by atoms with Crippen LogP contribution in [0.15, 0.2) is 65.4 Å². The molecule has 0 spiro atoms. The van der Waals surface area contributed by atoms with E-state index in [1.54, 1.807) is 6.07 Å². The fourth-order valence-electron chi connectivity index (χ4n) is 3.59. The van der Waals surface area contributed by atoms with Crippen LogP contribution in [0.5, 0.6) is 0 Å². The number of unbranched alkanes of at least 4 members (excludes halogenated alkanes) is 1. The highest BCUT2D eigenvalue weighted by atomic mass is 16.2. The summed E-state index contributed by atoms with van der Waals surface area (Å²) in [6, 6.07) is 16.0. The molecule has 2 amide bonds. The average molecular weight is 448 g/mol. The summed E-state index contributed by atoms with van der Waals surface area (Å²) in [7, 11) is 0. The Morgan fingerprint density at radius 3 is 2.55 bits per heavy atom. The van der Waals surface area contributed by atoms with Gasteiger partial charge in [-0.2, -0.15) is 0 Å². The molecule has 0 heterocycles. The summed E-state index contributed by atoms with van der Waals surface area (Å²) >= 11 is 0. The standard InChI is InChI=1S/C26H33N5O2/c1-3-29-25(32)21-13-16-24(31(27)18-23(28-2)26(33)30-22-14-15-22)20(17-21)12-8-7-11-19-9-5-4-6-10-19/h4-6,9-10,13,16-18,22H,2-3,7-8,11-12,14-15,27H2,1H3,(H,29,32)(H,30,33)/b23-18-. The minimum Gasteiger partial charge on any atom is -0.352 e. The average Bonchev–Trinajstić information content (AvgIpc) is 3.64. The number of hydrogen-bond acceptors (Lipinski definition) is 5. The van der Waals surface area contributed by atoms with E-state index in [0.29, 0.717) is 12.1 Å². The minimum absolute atomic E-state index is 0.119. The largest absolute Gasteiger partial charge is 0.352 e. The number of benzene rings is 2. The molecular formula is C26H33N5O2. The van der Waals surface area contributed by atoms with Crippen molar-refractivity contribution in [1.29, 1.82) is 0 Å². The van der Waals surface area contributed by atoms with E-state index in [-0.39, 0.29) is 23.6 Å². The number of aryl methyl sites for hydroxylation is 2. The van der Waals surface area contributed by atoms with Crippen LogP contribution in [0.3, 0.4) is 0 Å². The number of rotatable bonds is 12. The van der Waals surface area contributed by atoms with Gasteiger partial charge in [0, 0.05) is 18.2 Å². The molecule has 0 atom stereocenters. The Hall–Kier alpha value is -3.45. The molecule has 7 heteroatoms. The molecule has 0 saturated heterocycles. The second-order valence-corrected chi connectivity index (χ2v) is 8.22. The van der Waals surface area contributed by atoms with Crippen LogP contribution in [0.2, 0.25) is 0 Å². The smallest absolute Gasteiger partial charge is 0.271 e. The first-order valence-corrected chi connectivity index (χ1v) is 11.5. The van der Waals surface area contributed by atoms with Crippen molar-refractivity contribution in [1.82, 2.24) is 10.6 Å². The maximum atomic E-state index is 12.4. The summed E-state index contributed by atoms with van der Waals surface area (Å²) < 4.78 is 0. The number of nitrogens with one attached hydrogen (secondary N) is 2. The normalized spacial score (nSPS) is 13.3. The van der Waals surface area contributed by atoms with Crippen molar-refractivity contribution in [2.75, 3.05) is 11.6 Å². The molecule has 0 aromatic heterocycles. The Bertz CT molecular complexity index is 999. The first-order valence-electron chi connectivity index (χ1n) is 11.5. The summed E-state index contributed by atoms with van der Waals surface area (Å²) in [5, 5.41) is 7.12. The van der Waals surface area contributed by atoms with E-state index < -0.39 is 0 Å². The first-order chi connectivity index (χ1) is 16.0. The van der Waals surface area contributed by atoms with Crippen LogP contribution in [-0.4, -0.2) is 31.1 Å². The SMILES string of the molecule is C=N/C(=C\N(N)c1ccc(C(=O)NCC)cc1CCCCc1ccccc1)C(=O)NC1CC1. The molecule has 1 fully saturated rings. The Morgan fingerprint density at radius 2 is 1.88 bits per heavy atom. The molecule has 1 aliphatic rings. The molecule has 3 rings (SSSR count). The molecule has 0 aliphatic heterocycles. The predicted octanol–water partition coefficient (Wildman–Crippen LogP) is 3.50. The van der Waals surface area contributed by atoms with Gasteiger partial charge in [-0.1, -0.05) is 30.3 Å². The molecule has 2 aromatic rings. The Morgan fingerprint density at radius 1 is 1.15 bits per heavy atom. The van der Waals surface area contributed by atoms with Crippen LogP contribution in [0.4, 0.5) is 5.69 Å². The molecule has 2 aromatic carbocycles. The monoisotopic (exact) mass is 447 g/mol. The second-order valence-electron chi connectivity index (χ2n) is 8.22. The number of carbonyl (C=O) groups excluding carboxylic acids is 2. The van der Waals surface area contributed by atoms with E-state index in [9.17, 15) is 9.59 Å². The Labute approximate surface area is 195 Å². The molecule has 7 nitrogen and oxygen atoms in total. The lowest BCUT2D eigenvalue weighted by molar-refractivity contribution is -0.117. The van der Waals surface area contributed by atoms with Crippen molar-refractivity contribution in [2.45, 2.75) is 51.5 Å². The number of anilines is 1. The summed E-state index contributed by atoms with van der Waals surface area (Å²) in [6.45, 7) is 5.96. The van der Waals surface area contributed by atoms with Crippen molar-refractivity contribution in [3.8, 4) is 0 Å². The summed E-state index contributed by atoms with van der Waals surface area (Å²) in [5.74, 6) is 5.92. The Balaban J connectivity index is 1.76. The zero-order chi connectivity index (χ0) is 23.6. The molecule has 174 valence electrons. The van der Waals surface area contributed by atoms with Gasteiger partial charge in [-0.05, 0) is 81.5 Å². The molecule has 0 bridgehead atoms. The molecule has 33 heavy (non-hydrogen) atoms. The first kappa shape index (κ1) is 24.2. The van der Waals surface area contributed by atoms with Crippen molar-refractivity contribution >= 4 is 24.2 Å². The number of carbonyl (C=O) groups is 2. The number of nitrogens with zero attached hydrogens (tertiary/aromatic N) is 2. The number of aliphatic imine (C=N–C) groups is 1. The van der Waals surface area contributed by atoms with Gasteiger partial charge in [-0.3, -0.25) is 19.6 Å². The lowest BCUT2D eigenvalue weighted by atomic mass is 10.00. The fraction of sp³-hybridized carbons (Fsp3) is 0.346. The van der Waals surface area contributed by atoms with Gasteiger partial charge in [0.1, 0.15) is 5.70 Å². The predicted molar refractivity (Wildman–Crippen MR) is 133 cm³/mol. The zero-order valence-electron chi connectivity index (χ0n) is 19.2. The molecule has 1 aliphatic carbocycles. The molecule has 0 radical (unpaired) electrons. The van der Waals surface area contributed by atoms with Gasteiger partial charge >= 0.3 is 0 Å². The number of hydrogen-bond donors (Lipinski definition) is 3. The summed E-state index contributed by atoms with van der Waals surface area (Å²) in [4.78, 5) is 28.6. The highest BCUT2D eigenvalue weighted by Crippen LogP contribution is 2.24. The van der Waals surface area contributed by atoms with Crippen LogP contribution >= 0.6 is 0 Å². The summed E-state index contributed by atoms with van der Waals surface area (Å²) in [6.07, 6.45) is 7.14. The fourth-order valence-corrected chi connectivity index (χ4v) is 3.59. The topological polar surface area (TPSA) is 99.8 Å². The molecule has 0 unspecified atom stereocenters. The zero-order valence-corrected chi connectivity index (χ0v) is 19.2. The highest BCUT2D eigenvalue weighted by Gasteiger charge is 2.25. The summed E-state index contributed by atoms with van der Waals surface area (Å²) in [5.41, 5.74) is 3.72. The van der Waals surface area contributed by atoms with Gasteiger partial charge in [0.05, 0.1) is 11.9 Å². The third-order valence-corrected chi connectivity index (χ3v) is 5.54. The van der Waals surface area contributed by atoms with Gasteiger partial charge in [-0.25, -0.2) is 5.84 Å². The maximum Gasteiger partial charge on any atom is 0.271 e. The van der Waals surface area contributed by atoms with Crippen molar-refractivity contribution < 1.29 is 9.59 Å². The van der Waals surface area contributed by atoms with Gasteiger partial charge in [0.25, 0.3) is 11.8 Å². The highest BCUT2D eigenvalue weighted by molar-refractivity contribution is 5.95. The van der Waals surface area contributed by atoms with Crippen molar-refractivity contribution in [2.24, 2.45) is 10.8 Å². The van der Waals surface area contributed by atoms with Crippen LogP contribution < -0.4 is 21.5 Å². The lowest BCUT2D eigenvalue weighted by Gasteiger charge is -2.20. The van der Waals surface area contributed by atoms with Gasteiger partial charge in [-0.15, -0.1) is 0 Å². The quantitative estimate of drug-likeness (QED) is 0.152. The maximum absolute atomic E-state index is 12.4. The van der Waals surface area contributed by atoms with E-state index in [0.717, 1.165) is 49.8 Å². The third-order valence-electron chi connectivity index (χ3n) is 5.54. The van der Waals surface area contributed by atoms with E-state index in [4.69, 9.17) is 5.84 Å². The molecule has 4 N–H and O–H groups in total. The van der Waals surface area contributed by atoms with Gasteiger partial charge in [0.15, 0.2) is 0 Å². The van der Waals surface area contributed by atoms with Crippen LogP contribution in [0, 0.1) is 0 Å². The third kappa shape index (κ3) is 7.29. The number of nitrogens with two attached hydrogens (primary N) is 1. The van der Waals surface area contributed by atoms with Crippen LogP contribution in [0.25, 0.3) is 0 Å². The van der Waals surface area contributed by atoms with E-state index in [1.807, 2.05) is 37.3 Å².